The molecule has 1 atom stereocenters. The van der Waals surface area contributed by atoms with Crippen molar-refractivity contribution in [3.8, 4) is 0 Å². The van der Waals surface area contributed by atoms with Crippen LogP contribution in [0, 0.1) is 0 Å². The van der Waals surface area contributed by atoms with Crippen molar-refractivity contribution in [3.63, 3.8) is 0 Å². The third-order valence-electron chi connectivity index (χ3n) is 4.44. The Morgan fingerprint density at radius 2 is 1.78 bits per heavy atom. The van der Waals surface area contributed by atoms with Gasteiger partial charge >= 0.3 is 5.69 Å². The Bertz CT molecular complexity index is 838. The molecule has 23 heavy (non-hydrogen) atoms. The lowest BCUT2D eigenvalue weighted by atomic mass is 10.1. The summed E-state index contributed by atoms with van der Waals surface area (Å²) in [6.45, 7) is 4.22. The highest BCUT2D eigenvalue weighted by Gasteiger charge is 2.24. The van der Waals surface area contributed by atoms with Crippen molar-refractivity contribution in [2.24, 2.45) is 19.8 Å². The summed E-state index contributed by atoms with van der Waals surface area (Å²) < 4.78 is 4.44. The number of aryl methyl sites for hydroxylation is 1. The van der Waals surface area contributed by atoms with E-state index < -0.39 is 0 Å². The van der Waals surface area contributed by atoms with Crippen LogP contribution in [0.1, 0.15) is 26.2 Å². The first kappa shape index (κ1) is 15.8. The van der Waals surface area contributed by atoms with Crippen LogP contribution in [-0.4, -0.2) is 37.8 Å². The minimum absolute atomic E-state index is 0.113. The SMILES string of the molecule is CC(N)Cn1c(N2CCCCC2)nc2c1c(=O)n(C)c(=O)n2C. The van der Waals surface area contributed by atoms with Crippen molar-refractivity contribution >= 4 is 17.1 Å². The van der Waals surface area contributed by atoms with Crippen LogP contribution < -0.4 is 21.9 Å². The number of rotatable bonds is 3. The molecule has 126 valence electrons. The molecule has 0 aromatic carbocycles. The Morgan fingerprint density at radius 3 is 2.39 bits per heavy atom. The van der Waals surface area contributed by atoms with Crippen LogP contribution in [0.15, 0.2) is 9.59 Å². The second-order valence-electron chi connectivity index (χ2n) is 6.43. The molecular formula is C15H24N6O2. The van der Waals surface area contributed by atoms with E-state index in [4.69, 9.17) is 5.73 Å². The van der Waals surface area contributed by atoms with Crippen LogP contribution in [-0.2, 0) is 20.6 Å². The van der Waals surface area contributed by atoms with Crippen LogP contribution in [0.4, 0.5) is 5.95 Å². The average molecular weight is 320 g/mol. The van der Waals surface area contributed by atoms with E-state index in [2.05, 4.69) is 9.88 Å². The number of fused-ring (bicyclic) bond motifs is 1. The molecule has 0 saturated carbocycles. The summed E-state index contributed by atoms with van der Waals surface area (Å²) >= 11 is 0. The zero-order chi connectivity index (χ0) is 16.7. The molecule has 0 aliphatic carbocycles. The Kier molecular flexibility index (Phi) is 4.01. The normalized spacial score (nSPS) is 17.0. The minimum Gasteiger partial charge on any atom is -0.342 e. The lowest BCUT2D eigenvalue weighted by Crippen LogP contribution is -2.38. The summed E-state index contributed by atoms with van der Waals surface area (Å²) in [6.07, 6.45) is 3.43. The molecule has 1 saturated heterocycles. The molecule has 2 N–H and O–H groups in total. The summed E-state index contributed by atoms with van der Waals surface area (Å²) in [4.78, 5) is 31.6. The van der Waals surface area contributed by atoms with E-state index in [1.54, 1.807) is 7.05 Å². The maximum absolute atomic E-state index is 12.6. The largest absolute Gasteiger partial charge is 0.342 e. The van der Waals surface area contributed by atoms with Gasteiger partial charge in [-0.05, 0) is 26.2 Å². The smallest absolute Gasteiger partial charge is 0.332 e. The number of nitrogens with two attached hydrogens (primary N) is 1. The van der Waals surface area contributed by atoms with E-state index in [0.29, 0.717) is 17.7 Å². The third-order valence-corrected chi connectivity index (χ3v) is 4.44. The number of hydrogen-bond acceptors (Lipinski definition) is 5. The Balaban J connectivity index is 2.31. The van der Waals surface area contributed by atoms with E-state index in [9.17, 15) is 9.59 Å². The fourth-order valence-corrected chi connectivity index (χ4v) is 3.23. The predicted molar refractivity (Wildman–Crippen MR) is 89.9 cm³/mol. The Labute approximate surface area is 134 Å². The number of hydrogen-bond donors (Lipinski definition) is 1. The molecule has 0 spiro atoms. The van der Waals surface area contributed by atoms with Gasteiger partial charge in [-0.1, -0.05) is 0 Å². The van der Waals surface area contributed by atoms with Crippen molar-refractivity contribution in [3.05, 3.63) is 20.8 Å². The zero-order valence-corrected chi connectivity index (χ0v) is 13.9. The van der Waals surface area contributed by atoms with Gasteiger partial charge in [0.1, 0.15) is 0 Å². The molecule has 0 amide bonds. The fourth-order valence-electron chi connectivity index (χ4n) is 3.23. The van der Waals surface area contributed by atoms with Crippen LogP contribution in [0.3, 0.4) is 0 Å². The van der Waals surface area contributed by atoms with Crippen molar-refractivity contribution in [2.45, 2.75) is 38.8 Å². The molecule has 1 aliphatic heterocycles. The highest BCUT2D eigenvalue weighted by atomic mass is 16.2. The molecule has 3 heterocycles. The van der Waals surface area contributed by atoms with Crippen molar-refractivity contribution in [1.82, 2.24) is 18.7 Å². The highest BCUT2D eigenvalue weighted by Crippen LogP contribution is 2.23. The lowest BCUT2D eigenvalue weighted by Gasteiger charge is -2.28. The first-order valence-corrected chi connectivity index (χ1v) is 8.08. The van der Waals surface area contributed by atoms with Gasteiger partial charge in [0.05, 0.1) is 0 Å². The molecule has 0 bridgehead atoms. The predicted octanol–water partition coefficient (Wildman–Crippen LogP) is -0.229. The van der Waals surface area contributed by atoms with Gasteiger partial charge in [-0.25, -0.2) is 4.79 Å². The van der Waals surface area contributed by atoms with Crippen molar-refractivity contribution in [1.29, 1.82) is 0 Å². The van der Waals surface area contributed by atoms with Crippen molar-refractivity contribution < 1.29 is 0 Å². The van der Waals surface area contributed by atoms with Gasteiger partial charge in [-0.2, -0.15) is 4.98 Å². The standard InChI is InChI=1S/C15H24N6O2/c1-10(16)9-21-11-12(18(2)15(23)19(3)13(11)22)17-14(21)20-7-5-4-6-8-20/h10H,4-9,16H2,1-3H3. The lowest BCUT2D eigenvalue weighted by molar-refractivity contribution is 0.540. The number of piperidine rings is 1. The van der Waals surface area contributed by atoms with Crippen LogP contribution in [0.25, 0.3) is 11.2 Å². The molecule has 1 fully saturated rings. The van der Waals surface area contributed by atoms with Gasteiger partial charge in [0.15, 0.2) is 11.2 Å². The summed E-state index contributed by atoms with van der Waals surface area (Å²) in [7, 11) is 3.14. The fraction of sp³-hybridized carbons (Fsp3) is 0.667. The molecule has 1 unspecified atom stereocenters. The van der Waals surface area contributed by atoms with Gasteiger partial charge < -0.3 is 15.2 Å². The number of imidazole rings is 1. The second-order valence-corrected chi connectivity index (χ2v) is 6.43. The molecular weight excluding hydrogens is 296 g/mol. The first-order valence-electron chi connectivity index (χ1n) is 8.08. The molecule has 0 radical (unpaired) electrons. The van der Waals surface area contributed by atoms with E-state index in [1.807, 2.05) is 11.5 Å². The van der Waals surface area contributed by atoms with E-state index in [-0.39, 0.29) is 17.3 Å². The quantitative estimate of drug-likeness (QED) is 0.843. The summed E-state index contributed by atoms with van der Waals surface area (Å²) in [5.74, 6) is 0.746. The average Bonchev–Trinajstić information content (AvgIpc) is 2.90. The maximum atomic E-state index is 12.6. The van der Waals surface area contributed by atoms with Gasteiger partial charge in [0.25, 0.3) is 5.56 Å². The molecule has 1 aliphatic rings. The maximum Gasteiger partial charge on any atom is 0.332 e. The van der Waals surface area contributed by atoms with Gasteiger partial charge in [-0.3, -0.25) is 13.9 Å². The Hall–Kier alpha value is -2.09. The molecule has 3 rings (SSSR count). The van der Waals surface area contributed by atoms with E-state index >= 15 is 0 Å². The minimum atomic E-state index is -0.363. The summed E-state index contributed by atoms with van der Waals surface area (Å²) in [5, 5.41) is 0. The van der Waals surface area contributed by atoms with Crippen LogP contribution in [0.2, 0.25) is 0 Å². The van der Waals surface area contributed by atoms with Crippen LogP contribution in [0.5, 0.6) is 0 Å². The molecule has 2 aromatic heterocycles. The van der Waals surface area contributed by atoms with Gasteiger partial charge in [0.2, 0.25) is 5.95 Å². The summed E-state index contributed by atoms with van der Waals surface area (Å²) in [5.41, 5.74) is 6.18. The number of aromatic nitrogens is 4. The topological polar surface area (TPSA) is 91.1 Å². The van der Waals surface area contributed by atoms with E-state index in [0.717, 1.165) is 36.4 Å². The third kappa shape index (κ3) is 2.56. The van der Waals surface area contributed by atoms with Crippen LogP contribution >= 0.6 is 0 Å². The second kappa shape index (κ2) is 5.84. The molecule has 8 nitrogen and oxygen atoms in total. The monoisotopic (exact) mass is 320 g/mol. The molecule has 8 heteroatoms. The number of nitrogens with zero attached hydrogens (tertiary/aromatic N) is 5. The van der Waals surface area contributed by atoms with Gasteiger partial charge in [-0.15, -0.1) is 0 Å². The van der Waals surface area contributed by atoms with E-state index in [1.165, 1.54) is 18.0 Å². The van der Waals surface area contributed by atoms with Crippen molar-refractivity contribution in [2.75, 3.05) is 18.0 Å². The van der Waals surface area contributed by atoms with Gasteiger partial charge in [0, 0.05) is 39.8 Å². The zero-order valence-electron chi connectivity index (χ0n) is 13.9. The first-order chi connectivity index (χ1) is 10.9. The summed E-state index contributed by atoms with van der Waals surface area (Å²) in [6, 6.07) is -0.113. The Morgan fingerprint density at radius 1 is 1.13 bits per heavy atom. The number of anilines is 1. The molecule has 2 aromatic rings. The highest BCUT2D eigenvalue weighted by molar-refractivity contribution is 5.74.